The van der Waals surface area contributed by atoms with E-state index in [-0.39, 0.29) is 24.1 Å². The quantitative estimate of drug-likeness (QED) is 0.858. The molecule has 0 spiro atoms. The molecule has 0 bridgehead atoms. The average Bonchev–Trinajstić information content (AvgIpc) is 2.30. The molecule has 1 unspecified atom stereocenters. The number of Topliss-reactive ketones (excluding diaryl/α,β-unsaturated/α-hetero) is 1. The van der Waals surface area contributed by atoms with Crippen molar-refractivity contribution in [3.8, 4) is 0 Å². The monoisotopic (exact) mass is 237 g/mol. The normalized spacial score (nSPS) is 20.2. The van der Waals surface area contributed by atoms with E-state index in [1.165, 1.54) is 12.1 Å². The van der Waals surface area contributed by atoms with Crippen LogP contribution in [0.5, 0.6) is 0 Å². The van der Waals surface area contributed by atoms with Gasteiger partial charge < -0.3 is 10.1 Å². The zero-order valence-electron chi connectivity index (χ0n) is 9.62. The van der Waals surface area contributed by atoms with E-state index in [9.17, 15) is 9.18 Å². The molecule has 3 nitrogen and oxygen atoms in total. The molecule has 0 saturated carbocycles. The largest absolute Gasteiger partial charge is 0.375 e. The van der Waals surface area contributed by atoms with Gasteiger partial charge in [0.05, 0.1) is 12.7 Å². The van der Waals surface area contributed by atoms with Crippen LogP contribution in [-0.2, 0) is 16.0 Å². The molecule has 1 aromatic rings. The van der Waals surface area contributed by atoms with Crippen LogP contribution < -0.4 is 5.32 Å². The van der Waals surface area contributed by atoms with E-state index in [1.807, 2.05) is 0 Å². The van der Waals surface area contributed by atoms with Gasteiger partial charge in [-0.3, -0.25) is 4.79 Å². The second-order valence-corrected chi connectivity index (χ2v) is 4.25. The Morgan fingerprint density at radius 2 is 2.41 bits per heavy atom. The van der Waals surface area contributed by atoms with Gasteiger partial charge in [0.2, 0.25) is 0 Å². The maximum absolute atomic E-state index is 12.9. The van der Waals surface area contributed by atoms with Gasteiger partial charge in [-0.05, 0) is 17.7 Å². The maximum Gasteiger partial charge on any atom is 0.139 e. The number of ketones is 1. The molecule has 0 radical (unpaired) electrons. The number of rotatable bonds is 4. The van der Waals surface area contributed by atoms with Crippen LogP contribution in [0.4, 0.5) is 4.39 Å². The molecule has 1 atom stereocenters. The smallest absolute Gasteiger partial charge is 0.139 e. The number of nitrogens with one attached hydrogen (secondary N) is 1. The summed E-state index contributed by atoms with van der Waals surface area (Å²) in [6.07, 6.45) is 0.631. The fourth-order valence-electron chi connectivity index (χ4n) is 1.95. The third-order valence-corrected chi connectivity index (χ3v) is 2.75. The van der Waals surface area contributed by atoms with Gasteiger partial charge in [-0.15, -0.1) is 0 Å². The zero-order chi connectivity index (χ0) is 12.1. The lowest BCUT2D eigenvalue weighted by Gasteiger charge is -2.22. The lowest BCUT2D eigenvalue weighted by atomic mass is 10.0. The van der Waals surface area contributed by atoms with Crippen LogP contribution in [0.3, 0.4) is 0 Å². The van der Waals surface area contributed by atoms with E-state index in [2.05, 4.69) is 5.32 Å². The summed E-state index contributed by atoms with van der Waals surface area (Å²) in [5, 5.41) is 3.18. The molecule has 1 N–H and O–H groups in total. The third-order valence-electron chi connectivity index (χ3n) is 2.75. The van der Waals surface area contributed by atoms with Gasteiger partial charge in [0.1, 0.15) is 11.6 Å². The lowest BCUT2D eigenvalue weighted by Crippen LogP contribution is -2.39. The van der Waals surface area contributed by atoms with E-state index in [0.29, 0.717) is 13.0 Å². The summed E-state index contributed by atoms with van der Waals surface area (Å²) in [6.45, 7) is 2.21. The van der Waals surface area contributed by atoms with Crippen LogP contribution in [0.2, 0.25) is 0 Å². The van der Waals surface area contributed by atoms with E-state index in [0.717, 1.165) is 18.7 Å². The number of morpholine rings is 1. The van der Waals surface area contributed by atoms with E-state index >= 15 is 0 Å². The molecule has 4 heteroatoms. The standard InChI is InChI=1S/C13H16FNO2/c14-11-3-1-2-10(6-11)7-12(16)8-13-9-15-4-5-17-13/h1-3,6,13,15H,4-5,7-9H2. The first-order chi connectivity index (χ1) is 8.24. The second kappa shape index (κ2) is 5.89. The van der Waals surface area contributed by atoms with Crippen LogP contribution in [0.1, 0.15) is 12.0 Å². The third kappa shape index (κ3) is 3.91. The Hall–Kier alpha value is -1.26. The van der Waals surface area contributed by atoms with Gasteiger partial charge in [-0.2, -0.15) is 0 Å². The van der Waals surface area contributed by atoms with Gasteiger partial charge in [0, 0.05) is 25.9 Å². The van der Waals surface area contributed by atoms with Crippen molar-refractivity contribution >= 4 is 5.78 Å². The highest BCUT2D eigenvalue weighted by molar-refractivity contribution is 5.81. The predicted molar refractivity (Wildman–Crippen MR) is 62.3 cm³/mol. The summed E-state index contributed by atoms with van der Waals surface area (Å²) < 4.78 is 18.4. The molecular formula is C13H16FNO2. The summed E-state index contributed by atoms with van der Waals surface area (Å²) in [5.74, 6) is -0.213. The minimum Gasteiger partial charge on any atom is -0.375 e. The number of hydrogen-bond donors (Lipinski definition) is 1. The number of hydrogen-bond acceptors (Lipinski definition) is 3. The van der Waals surface area contributed by atoms with Crippen LogP contribution in [0, 0.1) is 5.82 Å². The number of ether oxygens (including phenoxy) is 1. The molecule has 1 saturated heterocycles. The molecule has 1 fully saturated rings. The molecular weight excluding hydrogens is 221 g/mol. The summed E-state index contributed by atoms with van der Waals surface area (Å²) >= 11 is 0. The average molecular weight is 237 g/mol. The minimum atomic E-state index is -0.300. The highest BCUT2D eigenvalue weighted by Crippen LogP contribution is 2.08. The Bertz CT molecular complexity index is 389. The van der Waals surface area contributed by atoms with Crippen LogP contribution >= 0.6 is 0 Å². The Morgan fingerprint density at radius 3 is 3.12 bits per heavy atom. The van der Waals surface area contributed by atoms with Gasteiger partial charge in [0.25, 0.3) is 0 Å². The predicted octanol–water partition coefficient (Wildman–Crippen LogP) is 1.32. The van der Waals surface area contributed by atoms with Crippen molar-refractivity contribution in [3.63, 3.8) is 0 Å². The van der Waals surface area contributed by atoms with Gasteiger partial charge in [-0.25, -0.2) is 4.39 Å². The van der Waals surface area contributed by atoms with Gasteiger partial charge in [-0.1, -0.05) is 12.1 Å². The summed E-state index contributed by atoms with van der Waals surface area (Å²) in [7, 11) is 0. The van der Waals surface area contributed by atoms with Crippen LogP contribution in [0.25, 0.3) is 0 Å². The van der Waals surface area contributed by atoms with E-state index in [4.69, 9.17) is 4.74 Å². The van der Waals surface area contributed by atoms with Gasteiger partial charge >= 0.3 is 0 Å². The SMILES string of the molecule is O=C(Cc1cccc(F)c1)CC1CNCCO1. The zero-order valence-corrected chi connectivity index (χ0v) is 9.62. The molecule has 1 aromatic carbocycles. The number of carbonyl (C=O) groups excluding carboxylic acids is 1. The Morgan fingerprint density at radius 1 is 1.53 bits per heavy atom. The number of carbonyl (C=O) groups is 1. The highest BCUT2D eigenvalue weighted by Gasteiger charge is 2.17. The Balaban J connectivity index is 1.84. The number of benzene rings is 1. The first-order valence-corrected chi connectivity index (χ1v) is 5.82. The Kier molecular flexibility index (Phi) is 4.23. The first kappa shape index (κ1) is 12.2. The van der Waals surface area contributed by atoms with Crippen molar-refractivity contribution in [2.45, 2.75) is 18.9 Å². The number of halogens is 1. The molecule has 0 amide bonds. The summed E-state index contributed by atoms with van der Waals surface area (Å²) in [5.41, 5.74) is 0.721. The lowest BCUT2D eigenvalue weighted by molar-refractivity contribution is -0.121. The van der Waals surface area contributed by atoms with Gasteiger partial charge in [0.15, 0.2) is 0 Å². The summed E-state index contributed by atoms with van der Waals surface area (Å²) in [6, 6.07) is 6.16. The fourth-order valence-corrected chi connectivity index (χ4v) is 1.95. The van der Waals surface area contributed by atoms with Crippen molar-refractivity contribution < 1.29 is 13.9 Å². The summed E-state index contributed by atoms with van der Waals surface area (Å²) in [4.78, 5) is 11.8. The van der Waals surface area contributed by atoms with Crippen molar-refractivity contribution in [2.75, 3.05) is 19.7 Å². The van der Waals surface area contributed by atoms with Crippen molar-refractivity contribution in [1.29, 1.82) is 0 Å². The molecule has 0 aromatic heterocycles. The van der Waals surface area contributed by atoms with Crippen LogP contribution in [-0.4, -0.2) is 31.6 Å². The van der Waals surface area contributed by atoms with Crippen molar-refractivity contribution in [2.24, 2.45) is 0 Å². The minimum absolute atomic E-state index is 0.0372. The van der Waals surface area contributed by atoms with Crippen molar-refractivity contribution in [3.05, 3.63) is 35.6 Å². The molecule has 2 rings (SSSR count). The van der Waals surface area contributed by atoms with Crippen LogP contribution in [0.15, 0.2) is 24.3 Å². The molecule has 0 aliphatic carbocycles. The Labute approximate surface area is 100.0 Å². The maximum atomic E-state index is 12.9. The molecule has 1 aliphatic rings. The molecule has 1 aliphatic heterocycles. The van der Waals surface area contributed by atoms with E-state index < -0.39 is 0 Å². The molecule has 92 valence electrons. The fraction of sp³-hybridized carbons (Fsp3) is 0.462. The van der Waals surface area contributed by atoms with Crippen molar-refractivity contribution in [1.82, 2.24) is 5.32 Å². The first-order valence-electron chi connectivity index (χ1n) is 5.82. The molecule has 1 heterocycles. The topological polar surface area (TPSA) is 38.3 Å². The van der Waals surface area contributed by atoms with E-state index in [1.54, 1.807) is 12.1 Å². The second-order valence-electron chi connectivity index (χ2n) is 4.25. The highest BCUT2D eigenvalue weighted by atomic mass is 19.1. The molecule has 17 heavy (non-hydrogen) atoms.